The van der Waals surface area contributed by atoms with E-state index in [4.69, 9.17) is 0 Å². The third kappa shape index (κ3) is 3.66. The fraction of sp³-hybridized carbons (Fsp3) is 0.333. The van der Waals surface area contributed by atoms with Crippen molar-refractivity contribution in [3.05, 3.63) is 52.0 Å². The second kappa shape index (κ2) is 7.59. The summed E-state index contributed by atoms with van der Waals surface area (Å²) in [6.07, 6.45) is 0.963. The first-order valence-electron chi connectivity index (χ1n) is 8.13. The molecule has 0 radical (unpaired) electrons. The highest BCUT2D eigenvalue weighted by molar-refractivity contribution is 7.09. The number of aliphatic hydroxyl groups is 1. The van der Waals surface area contributed by atoms with Crippen molar-refractivity contribution in [1.82, 2.24) is 14.8 Å². The summed E-state index contributed by atoms with van der Waals surface area (Å²) in [5, 5.41) is 20.6. The molecule has 24 heavy (non-hydrogen) atoms. The maximum Gasteiger partial charge on any atom is 0.125 e. The summed E-state index contributed by atoms with van der Waals surface area (Å²) in [5.74, 6) is 0.897. The van der Waals surface area contributed by atoms with Crippen molar-refractivity contribution >= 4 is 17.2 Å². The van der Waals surface area contributed by atoms with Crippen molar-refractivity contribution in [2.75, 3.05) is 11.9 Å². The average molecular weight is 342 g/mol. The maximum absolute atomic E-state index is 9.30. The predicted octanol–water partition coefficient (Wildman–Crippen LogP) is 3.48. The summed E-state index contributed by atoms with van der Waals surface area (Å²) in [4.78, 5) is 4.58. The van der Waals surface area contributed by atoms with Crippen LogP contribution in [0.25, 0.3) is 11.3 Å². The lowest BCUT2D eigenvalue weighted by atomic mass is 10.1. The van der Waals surface area contributed by atoms with Crippen LogP contribution in [0.4, 0.5) is 5.82 Å². The lowest BCUT2D eigenvalue weighted by Crippen LogP contribution is -2.10. The van der Waals surface area contributed by atoms with E-state index in [1.807, 2.05) is 22.9 Å². The zero-order valence-electron chi connectivity index (χ0n) is 14.0. The SMILES string of the molecule is CCc1nc(CNc2cc(-c3ccccc3C)nn2CCO)cs1. The number of nitrogens with zero attached hydrogens (tertiary/aromatic N) is 3. The topological polar surface area (TPSA) is 63.0 Å². The van der Waals surface area contributed by atoms with E-state index in [1.165, 1.54) is 5.56 Å². The highest BCUT2D eigenvalue weighted by Crippen LogP contribution is 2.25. The van der Waals surface area contributed by atoms with Crippen LogP contribution in [0, 0.1) is 6.92 Å². The third-order valence-electron chi connectivity index (χ3n) is 3.87. The van der Waals surface area contributed by atoms with Crippen LogP contribution in [-0.2, 0) is 19.5 Å². The molecule has 5 nitrogen and oxygen atoms in total. The Bertz CT molecular complexity index is 809. The van der Waals surface area contributed by atoms with Gasteiger partial charge in [0.2, 0.25) is 0 Å². The number of aromatic nitrogens is 3. The van der Waals surface area contributed by atoms with E-state index in [2.05, 4.69) is 46.8 Å². The molecule has 0 saturated carbocycles. The first-order valence-corrected chi connectivity index (χ1v) is 9.01. The molecule has 0 atom stereocenters. The molecule has 6 heteroatoms. The van der Waals surface area contributed by atoms with Crippen LogP contribution < -0.4 is 5.32 Å². The largest absolute Gasteiger partial charge is 0.394 e. The minimum Gasteiger partial charge on any atom is -0.394 e. The van der Waals surface area contributed by atoms with Crippen LogP contribution in [0.1, 0.15) is 23.2 Å². The average Bonchev–Trinajstić information content (AvgIpc) is 3.20. The summed E-state index contributed by atoms with van der Waals surface area (Å²) in [7, 11) is 0. The van der Waals surface area contributed by atoms with E-state index in [9.17, 15) is 5.11 Å². The van der Waals surface area contributed by atoms with E-state index in [0.717, 1.165) is 34.2 Å². The summed E-state index contributed by atoms with van der Waals surface area (Å²) < 4.78 is 1.81. The van der Waals surface area contributed by atoms with E-state index < -0.39 is 0 Å². The molecule has 2 aromatic heterocycles. The predicted molar refractivity (Wildman–Crippen MR) is 98.3 cm³/mol. The van der Waals surface area contributed by atoms with Gasteiger partial charge < -0.3 is 10.4 Å². The Hall–Kier alpha value is -2.18. The van der Waals surface area contributed by atoms with Crippen molar-refractivity contribution in [2.45, 2.75) is 33.4 Å². The van der Waals surface area contributed by atoms with E-state index in [1.54, 1.807) is 11.3 Å². The maximum atomic E-state index is 9.30. The van der Waals surface area contributed by atoms with Gasteiger partial charge in [-0.05, 0) is 18.9 Å². The molecule has 0 aliphatic rings. The number of rotatable bonds is 7. The van der Waals surface area contributed by atoms with Gasteiger partial charge in [-0.25, -0.2) is 9.67 Å². The van der Waals surface area contributed by atoms with Crippen LogP contribution in [0.3, 0.4) is 0 Å². The zero-order chi connectivity index (χ0) is 16.9. The monoisotopic (exact) mass is 342 g/mol. The number of thiazole rings is 1. The highest BCUT2D eigenvalue weighted by atomic mass is 32.1. The molecule has 0 bridgehead atoms. The normalized spacial score (nSPS) is 11.0. The second-order valence-electron chi connectivity index (χ2n) is 5.62. The first-order chi connectivity index (χ1) is 11.7. The summed E-state index contributed by atoms with van der Waals surface area (Å²) >= 11 is 1.69. The van der Waals surface area contributed by atoms with Crippen molar-refractivity contribution in [3.8, 4) is 11.3 Å². The lowest BCUT2D eigenvalue weighted by molar-refractivity contribution is 0.270. The summed E-state index contributed by atoms with van der Waals surface area (Å²) in [6.45, 7) is 5.36. The smallest absolute Gasteiger partial charge is 0.125 e. The number of aliphatic hydroxyl groups excluding tert-OH is 1. The van der Waals surface area contributed by atoms with Gasteiger partial charge in [-0.15, -0.1) is 11.3 Å². The fourth-order valence-electron chi connectivity index (χ4n) is 2.59. The Kier molecular flexibility index (Phi) is 5.27. The Morgan fingerprint density at radius 3 is 2.83 bits per heavy atom. The fourth-order valence-corrected chi connectivity index (χ4v) is 3.33. The standard InChI is InChI=1S/C18H22N4OS/c1-3-18-20-14(12-24-18)11-19-17-10-16(21-22(17)8-9-23)15-7-5-4-6-13(15)2/h4-7,10,12,19,23H,3,8-9,11H2,1-2H3. The quantitative estimate of drug-likeness (QED) is 0.690. The summed E-state index contributed by atoms with van der Waals surface area (Å²) in [6, 6.07) is 10.2. The molecule has 0 spiro atoms. The van der Waals surface area contributed by atoms with Gasteiger partial charge in [-0.2, -0.15) is 5.10 Å². The van der Waals surface area contributed by atoms with Gasteiger partial charge in [0, 0.05) is 17.0 Å². The summed E-state index contributed by atoms with van der Waals surface area (Å²) in [5.41, 5.74) is 4.24. The molecular weight excluding hydrogens is 320 g/mol. The van der Waals surface area contributed by atoms with Crippen molar-refractivity contribution in [1.29, 1.82) is 0 Å². The number of nitrogens with one attached hydrogen (secondary N) is 1. The molecular formula is C18H22N4OS. The zero-order valence-corrected chi connectivity index (χ0v) is 14.8. The minimum atomic E-state index is 0.0558. The van der Waals surface area contributed by atoms with E-state index >= 15 is 0 Å². The molecule has 0 aliphatic heterocycles. The van der Waals surface area contributed by atoms with Gasteiger partial charge in [-0.3, -0.25) is 0 Å². The Morgan fingerprint density at radius 2 is 2.12 bits per heavy atom. The van der Waals surface area contributed by atoms with Gasteiger partial charge in [0.05, 0.1) is 36.1 Å². The van der Waals surface area contributed by atoms with Crippen LogP contribution in [0.15, 0.2) is 35.7 Å². The molecule has 0 saturated heterocycles. The van der Waals surface area contributed by atoms with Crippen molar-refractivity contribution in [2.24, 2.45) is 0 Å². The number of aryl methyl sites for hydroxylation is 2. The molecule has 2 N–H and O–H groups in total. The van der Waals surface area contributed by atoms with Gasteiger partial charge in [0.1, 0.15) is 5.82 Å². The molecule has 126 valence electrons. The molecule has 3 aromatic rings. The van der Waals surface area contributed by atoms with E-state index in [-0.39, 0.29) is 6.61 Å². The molecule has 0 amide bonds. The number of anilines is 1. The van der Waals surface area contributed by atoms with Gasteiger partial charge in [0.25, 0.3) is 0 Å². The highest BCUT2D eigenvalue weighted by Gasteiger charge is 2.11. The minimum absolute atomic E-state index is 0.0558. The van der Waals surface area contributed by atoms with Crippen molar-refractivity contribution < 1.29 is 5.11 Å². The second-order valence-corrected chi connectivity index (χ2v) is 6.56. The molecule has 0 fully saturated rings. The Balaban J connectivity index is 1.82. The molecule has 0 aliphatic carbocycles. The van der Waals surface area contributed by atoms with Crippen LogP contribution >= 0.6 is 11.3 Å². The van der Waals surface area contributed by atoms with Crippen LogP contribution in [-0.4, -0.2) is 26.5 Å². The first kappa shape index (κ1) is 16.7. The number of hydrogen-bond acceptors (Lipinski definition) is 5. The van der Waals surface area contributed by atoms with Gasteiger partial charge >= 0.3 is 0 Å². The third-order valence-corrected chi connectivity index (χ3v) is 4.91. The Labute approximate surface area is 146 Å². The Morgan fingerprint density at radius 1 is 1.29 bits per heavy atom. The molecule has 0 unspecified atom stereocenters. The van der Waals surface area contributed by atoms with E-state index in [0.29, 0.717) is 13.1 Å². The van der Waals surface area contributed by atoms with Gasteiger partial charge in [0.15, 0.2) is 0 Å². The van der Waals surface area contributed by atoms with Gasteiger partial charge in [-0.1, -0.05) is 31.2 Å². The van der Waals surface area contributed by atoms with Crippen LogP contribution in [0.2, 0.25) is 0 Å². The lowest BCUT2D eigenvalue weighted by Gasteiger charge is -2.07. The molecule has 3 rings (SSSR count). The van der Waals surface area contributed by atoms with Crippen LogP contribution in [0.5, 0.6) is 0 Å². The van der Waals surface area contributed by atoms with Crippen molar-refractivity contribution in [3.63, 3.8) is 0 Å². The molecule has 1 aromatic carbocycles. The number of benzene rings is 1. The number of hydrogen-bond donors (Lipinski definition) is 2. The molecule has 2 heterocycles.